The van der Waals surface area contributed by atoms with E-state index in [0.717, 1.165) is 39.1 Å². The molecule has 1 aromatic heterocycles. The van der Waals surface area contributed by atoms with Crippen molar-refractivity contribution in [3.05, 3.63) is 66.0 Å². The molecular weight excluding hydrogens is 326 g/mol. The fraction of sp³-hybridized carbons (Fsp3) is 0.400. The predicted octanol–water partition coefficient (Wildman–Crippen LogP) is 1.33. The van der Waals surface area contributed by atoms with Crippen LogP contribution >= 0.6 is 0 Å². The molecule has 6 heteroatoms. The second-order valence-electron chi connectivity index (χ2n) is 7.00. The van der Waals surface area contributed by atoms with E-state index in [2.05, 4.69) is 38.9 Å². The molecule has 26 heavy (non-hydrogen) atoms. The quantitative estimate of drug-likeness (QED) is 0.870. The van der Waals surface area contributed by atoms with Crippen LogP contribution in [-0.4, -0.2) is 52.9 Å². The van der Waals surface area contributed by atoms with Crippen LogP contribution in [0.2, 0.25) is 0 Å². The number of piperazine rings is 1. The number of aromatic nitrogens is 1. The SMILES string of the molecule is O=C(C1CC(c2ccccc2)NN1)N1CCN(Cc2cccnc2)CC1. The van der Waals surface area contributed by atoms with Crippen molar-refractivity contribution in [2.24, 2.45) is 0 Å². The number of carbonyl (C=O) groups excluding carboxylic acids is 1. The Morgan fingerprint density at radius 1 is 1.04 bits per heavy atom. The highest BCUT2D eigenvalue weighted by atomic mass is 16.2. The molecule has 0 bridgehead atoms. The third kappa shape index (κ3) is 3.93. The molecule has 0 spiro atoms. The second kappa shape index (κ2) is 7.95. The number of amides is 1. The topological polar surface area (TPSA) is 60.5 Å². The molecule has 1 amide bonds. The van der Waals surface area contributed by atoms with E-state index in [1.807, 2.05) is 35.4 Å². The van der Waals surface area contributed by atoms with Gasteiger partial charge in [-0.25, -0.2) is 10.9 Å². The number of hydrogen-bond acceptors (Lipinski definition) is 5. The summed E-state index contributed by atoms with van der Waals surface area (Å²) in [5.74, 6) is 0.206. The number of hydrazine groups is 1. The number of pyridine rings is 1. The van der Waals surface area contributed by atoms with E-state index in [1.165, 1.54) is 11.1 Å². The van der Waals surface area contributed by atoms with E-state index < -0.39 is 0 Å². The molecule has 2 atom stereocenters. The van der Waals surface area contributed by atoms with Gasteiger partial charge in [0.05, 0.1) is 0 Å². The number of nitrogens with one attached hydrogen (secondary N) is 2. The van der Waals surface area contributed by atoms with Crippen LogP contribution in [0.25, 0.3) is 0 Å². The van der Waals surface area contributed by atoms with Crippen molar-refractivity contribution in [3.63, 3.8) is 0 Å². The van der Waals surface area contributed by atoms with Gasteiger partial charge in [0.1, 0.15) is 6.04 Å². The maximum Gasteiger partial charge on any atom is 0.241 e. The summed E-state index contributed by atoms with van der Waals surface area (Å²) in [6.07, 6.45) is 4.50. The first-order chi connectivity index (χ1) is 12.8. The van der Waals surface area contributed by atoms with Crippen LogP contribution in [0, 0.1) is 0 Å². The van der Waals surface area contributed by atoms with Gasteiger partial charge in [0, 0.05) is 51.2 Å². The van der Waals surface area contributed by atoms with Gasteiger partial charge in [-0.2, -0.15) is 0 Å². The van der Waals surface area contributed by atoms with Gasteiger partial charge >= 0.3 is 0 Å². The molecule has 2 aliphatic heterocycles. The second-order valence-corrected chi connectivity index (χ2v) is 7.00. The highest BCUT2D eigenvalue weighted by Crippen LogP contribution is 2.23. The zero-order valence-corrected chi connectivity index (χ0v) is 14.8. The average molecular weight is 351 g/mol. The summed E-state index contributed by atoms with van der Waals surface area (Å²) in [7, 11) is 0. The molecule has 2 aromatic rings. The molecule has 0 saturated carbocycles. The Morgan fingerprint density at radius 2 is 1.85 bits per heavy atom. The lowest BCUT2D eigenvalue weighted by atomic mass is 10.0. The molecule has 6 nitrogen and oxygen atoms in total. The molecule has 0 aliphatic carbocycles. The zero-order valence-electron chi connectivity index (χ0n) is 14.8. The summed E-state index contributed by atoms with van der Waals surface area (Å²) >= 11 is 0. The molecule has 2 N–H and O–H groups in total. The normalized spacial score (nSPS) is 23.9. The minimum Gasteiger partial charge on any atom is -0.339 e. The van der Waals surface area contributed by atoms with E-state index in [1.54, 1.807) is 6.20 Å². The van der Waals surface area contributed by atoms with Crippen LogP contribution in [0.5, 0.6) is 0 Å². The van der Waals surface area contributed by atoms with Crippen LogP contribution in [-0.2, 0) is 11.3 Å². The van der Waals surface area contributed by atoms with Gasteiger partial charge in [-0.3, -0.25) is 14.7 Å². The smallest absolute Gasteiger partial charge is 0.241 e. The van der Waals surface area contributed by atoms with Crippen LogP contribution in [0.4, 0.5) is 0 Å². The molecule has 2 unspecified atom stereocenters. The van der Waals surface area contributed by atoms with Crippen molar-refractivity contribution in [2.45, 2.75) is 25.0 Å². The third-order valence-corrected chi connectivity index (χ3v) is 5.22. The van der Waals surface area contributed by atoms with Crippen molar-refractivity contribution in [1.82, 2.24) is 25.6 Å². The van der Waals surface area contributed by atoms with Gasteiger partial charge in [-0.05, 0) is 23.6 Å². The number of carbonyl (C=O) groups is 1. The van der Waals surface area contributed by atoms with E-state index >= 15 is 0 Å². The Labute approximate surface area is 154 Å². The first kappa shape index (κ1) is 17.1. The maximum atomic E-state index is 12.8. The average Bonchev–Trinajstić information content (AvgIpc) is 3.20. The van der Waals surface area contributed by atoms with Gasteiger partial charge in [0.25, 0.3) is 0 Å². The van der Waals surface area contributed by atoms with E-state index in [4.69, 9.17) is 0 Å². The summed E-state index contributed by atoms with van der Waals surface area (Å²) in [5, 5.41) is 0. The third-order valence-electron chi connectivity index (χ3n) is 5.22. The molecule has 3 heterocycles. The molecule has 0 radical (unpaired) electrons. The monoisotopic (exact) mass is 351 g/mol. The van der Waals surface area contributed by atoms with Crippen LogP contribution < -0.4 is 10.9 Å². The molecule has 4 rings (SSSR count). The first-order valence-corrected chi connectivity index (χ1v) is 9.25. The Bertz CT molecular complexity index is 715. The van der Waals surface area contributed by atoms with Gasteiger partial charge in [-0.15, -0.1) is 0 Å². The van der Waals surface area contributed by atoms with Crippen molar-refractivity contribution in [1.29, 1.82) is 0 Å². The Hall–Kier alpha value is -2.28. The molecule has 136 valence electrons. The lowest BCUT2D eigenvalue weighted by Gasteiger charge is -2.35. The number of hydrogen-bond donors (Lipinski definition) is 2. The Morgan fingerprint density at radius 3 is 2.58 bits per heavy atom. The van der Waals surface area contributed by atoms with E-state index in [0.29, 0.717) is 0 Å². The summed E-state index contributed by atoms with van der Waals surface area (Å²) in [5.41, 5.74) is 8.90. The minimum atomic E-state index is -0.148. The first-order valence-electron chi connectivity index (χ1n) is 9.25. The summed E-state index contributed by atoms with van der Waals surface area (Å²) in [4.78, 5) is 21.4. The Balaban J connectivity index is 1.27. The van der Waals surface area contributed by atoms with Gasteiger partial charge < -0.3 is 4.90 Å². The van der Waals surface area contributed by atoms with E-state index in [-0.39, 0.29) is 18.0 Å². The van der Waals surface area contributed by atoms with Crippen LogP contribution in [0.3, 0.4) is 0 Å². The van der Waals surface area contributed by atoms with Crippen molar-refractivity contribution in [2.75, 3.05) is 26.2 Å². The summed E-state index contributed by atoms with van der Waals surface area (Å²) in [6, 6.07) is 14.4. The molecule has 2 aliphatic rings. The highest BCUT2D eigenvalue weighted by molar-refractivity contribution is 5.82. The number of nitrogens with zero attached hydrogens (tertiary/aromatic N) is 3. The standard InChI is InChI=1S/C20H25N5O/c26-20(19-13-18(22-23-19)17-6-2-1-3-7-17)25-11-9-24(10-12-25)15-16-5-4-8-21-14-16/h1-8,14,18-19,22-23H,9-13,15H2. The Kier molecular flexibility index (Phi) is 5.24. The predicted molar refractivity (Wildman–Crippen MR) is 100.0 cm³/mol. The van der Waals surface area contributed by atoms with Crippen LogP contribution in [0.15, 0.2) is 54.9 Å². The molecule has 2 fully saturated rings. The van der Waals surface area contributed by atoms with Gasteiger partial charge in [-0.1, -0.05) is 36.4 Å². The minimum absolute atomic E-state index is 0.148. The summed E-state index contributed by atoms with van der Waals surface area (Å²) < 4.78 is 0. The largest absolute Gasteiger partial charge is 0.339 e. The fourth-order valence-electron chi connectivity index (χ4n) is 3.72. The van der Waals surface area contributed by atoms with Crippen LogP contribution in [0.1, 0.15) is 23.6 Å². The fourth-order valence-corrected chi connectivity index (χ4v) is 3.72. The number of benzene rings is 1. The zero-order chi connectivity index (χ0) is 17.8. The van der Waals surface area contributed by atoms with Crippen molar-refractivity contribution < 1.29 is 4.79 Å². The van der Waals surface area contributed by atoms with E-state index in [9.17, 15) is 4.79 Å². The lowest BCUT2D eigenvalue weighted by molar-refractivity contribution is -0.135. The summed E-state index contributed by atoms with van der Waals surface area (Å²) in [6.45, 7) is 4.28. The van der Waals surface area contributed by atoms with Gasteiger partial charge in [0.15, 0.2) is 0 Å². The van der Waals surface area contributed by atoms with Gasteiger partial charge in [0.2, 0.25) is 5.91 Å². The lowest BCUT2D eigenvalue weighted by Crippen LogP contribution is -2.53. The van der Waals surface area contributed by atoms with Crippen molar-refractivity contribution >= 4 is 5.91 Å². The molecule has 2 saturated heterocycles. The molecule has 1 aromatic carbocycles. The van der Waals surface area contributed by atoms with Crippen molar-refractivity contribution in [3.8, 4) is 0 Å². The number of rotatable bonds is 4. The molecular formula is C20H25N5O. The maximum absolute atomic E-state index is 12.8. The highest BCUT2D eigenvalue weighted by Gasteiger charge is 2.33.